The van der Waals surface area contributed by atoms with Crippen LogP contribution in [0.4, 0.5) is 0 Å². The average molecular weight is 294 g/mol. The lowest BCUT2D eigenvalue weighted by atomic mass is 10.1. The van der Waals surface area contributed by atoms with Gasteiger partial charge in [0.1, 0.15) is 0 Å². The number of ether oxygens (including phenoxy) is 3. The van der Waals surface area contributed by atoms with E-state index in [0.717, 1.165) is 12.0 Å². The van der Waals surface area contributed by atoms with Gasteiger partial charge in [-0.1, -0.05) is 45.1 Å². The van der Waals surface area contributed by atoms with Crippen LogP contribution in [0, 0.1) is 0 Å². The maximum Gasteiger partial charge on any atom is 0.184 e. The number of hydrogen-bond donors (Lipinski definition) is 1. The molecule has 0 radical (unpaired) electrons. The van der Waals surface area contributed by atoms with Gasteiger partial charge in [-0.25, -0.2) is 0 Å². The first-order chi connectivity index (χ1) is 10.2. The molecule has 21 heavy (non-hydrogen) atoms. The molecule has 0 amide bonds. The number of methoxy groups -OCH3 is 1. The molecule has 4 nitrogen and oxygen atoms in total. The van der Waals surface area contributed by atoms with Crippen molar-refractivity contribution in [2.45, 2.75) is 57.8 Å². The zero-order valence-electron chi connectivity index (χ0n) is 13.0. The van der Waals surface area contributed by atoms with Gasteiger partial charge >= 0.3 is 0 Å². The summed E-state index contributed by atoms with van der Waals surface area (Å²) in [7, 11) is 1.54. The van der Waals surface area contributed by atoms with E-state index in [1.165, 1.54) is 39.2 Å². The summed E-state index contributed by atoms with van der Waals surface area (Å²) in [6.07, 6.45) is 7.24. The summed E-state index contributed by atoms with van der Waals surface area (Å²) in [6, 6.07) is 5.19. The van der Waals surface area contributed by atoms with Gasteiger partial charge < -0.3 is 19.3 Å². The van der Waals surface area contributed by atoms with Crippen molar-refractivity contribution in [1.29, 1.82) is 0 Å². The van der Waals surface area contributed by atoms with Crippen molar-refractivity contribution in [1.82, 2.24) is 0 Å². The van der Waals surface area contributed by atoms with Crippen LogP contribution in [0.5, 0.6) is 11.5 Å². The normalized spacial score (nSPS) is 21.6. The van der Waals surface area contributed by atoms with Gasteiger partial charge in [-0.3, -0.25) is 0 Å². The predicted molar refractivity (Wildman–Crippen MR) is 81.6 cm³/mol. The van der Waals surface area contributed by atoms with Gasteiger partial charge in [-0.15, -0.1) is 0 Å². The van der Waals surface area contributed by atoms with E-state index >= 15 is 0 Å². The van der Waals surface area contributed by atoms with E-state index in [2.05, 4.69) is 6.92 Å². The second-order valence-corrected chi connectivity index (χ2v) is 5.56. The summed E-state index contributed by atoms with van der Waals surface area (Å²) in [4.78, 5) is 0. The van der Waals surface area contributed by atoms with E-state index in [1.54, 1.807) is 12.1 Å². The predicted octanol–water partition coefficient (Wildman–Crippen LogP) is 4.18. The van der Waals surface area contributed by atoms with Gasteiger partial charge in [0.2, 0.25) is 0 Å². The third kappa shape index (κ3) is 4.61. The molecule has 1 aliphatic rings. The highest BCUT2D eigenvalue weighted by Crippen LogP contribution is 2.34. The quantitative estimate of drug-likeness (QED) is 0.731. The summed E-state index contributed by atoms with van der Waals surface area (Å²) in [5.74, 6) is 0.578. The summed E-state index contributed by atoms with van der Waals surface area (Å²) in [5.41, 5.74) is 0.887. The van der Waals surface area contributed by atoms with Crippen LogP contribution >= 0.6 is 0 Å². The van der Waals surface area contributed by atoms with Gasteiger partial charge in [-0.2, -0.15) is 0 Å². The number of aromatic hydroxyl groups is 1. The van der Waals surface area contributed by atoms with Crippen molar-refractivity contribution >= 4 is 0 Å². The first-order valence-electron chi connectivity index (χ1n) is 7.88. The first kappa shape index (κ1) is 16.1. The fourth-order valence-corrected chi connectivity index (χ4v) is 2.59. The molecular weight excluding hydrogens is 268 g/mol. The second kappa shape index (κ2) is 8.25. The van der Waals surface area contributed by atoms with Crippen LogP contribution in [0.15, 0.2) is 18.2 Å². The minimum Gasteiger partial charge on any atom is -0.504 e. The third-order valence-electron chi connectivity index (χ3n) is 3.86. The van der Waals surface area contributed by atoms with Gasteiger partial charge in [0.25, 0.3) is 0 Å². The third-order valence-corrected chi connectivity index (χ3v) is 3.86. The molecule has 4 heteroatoms. The molecule has 1 aliphatic heterocycles. The lowest BCUT2D eigenvalue weighted by molar-refractivity contribution is -0.0615. The molecule has 1 fully saturated rings. The molecule has 2 atom stereocenters. The molecule has 0 aromatic heterocycles. The summed E-state index contributed by atoms with van der Waals surface area (Å²) < 4.78 is 16.8. The molecule has 118 valence electrons. The molecule has 1 aromatic rings. The SMILES string of the molecule is CCCCCCCC1COC(c2ccc(O)c(OC)c2)O1. The van der Waals surface area contributed by atoms with Crippen molar-refractivity contribution in [3.63, 3.8) is 0 Å². The van der Waals surface area contributed by atoms with Gasteiger partial charge in [0, 0.05) is 5.56 Å². The molecule has 0 saturated carbocycles. The highest BCUT2D eigenvalue weighted by molar-refractivity contribution is 5.42. The van der Waals surface area contributed by atoms with Crippen LogP contribution in [0.3, 0.4) is 0 Å². The highest BCUT2D eigenvalue weighted by atomic mass is 16.7. The lowest BCUT2D eigenvalue weighted by Gasteiger charge is -2.13. The Balaban J connectivity index is 1.79. The summed E-state index contributed by atoms with van der Waals surface area (Å²) in [5, 5.41) is 9.61. The smallest absolute Gasteiger partial charge is 0.184 e. The van der Waals surface area contributed by atoms with Crippen molar-refractivity contribution in [3.05, 3.63) is 23.8 Å². The zero-order valence-corrected chi connectivity index (χ0v) is 13.0. The van der Waals surface area contributed by atoms with Crippen LogP contribution in [0.25, 0.3) is 0 Å². The monoisotopic (exact) mass is 294 g/mol. The molecule has 1 heterocycles. The van der Waals surface area contributed by atoms with Crippen LogP contribution in [-0.4, -0.2) is 24.9 Å². The van der Waals surface area contributed by atoms with Gasteiger partial charge in [-0.05, 0) is 18.6 Å². The van der Waals surface area contributed by atoms with E-state index in [9.17, 15) is 5.11 Å². The van der Waals surface area contributed by atoms with E-state index in [-0.39, 0.29) is 18.1 Å². The van der Waals surface area contributed by atoms with E-state index in [1.807, 2.05) is 6.07 Å². The zero-order chi connectivity index (χ0) is 15.1. The fraction of sp³-hybridized carbons (Fsp3) is 0.647. The molecule has 2 unspecified atom stereocenters. The number of hydrogen-bond acceptors (Lipinski definition) is 4. The fourth-order valence-electron chi connectivity index (χ4n) is 2.59. The van der Waals surface area contributed by atoms with E-state index in [4.69, 9.17) is 14.2 Å². The Labute approximate surface area is 127 Å². The Kier molecular flexibility index (Phi) is 6.33. The lowest BCUT2D eigenvalue weighted by Crippen LogP contribution is -2.09. The van der Waals surface area contributed by atoms with Crippen LogP contribution < -0.4 is 4.74 Å². The average Bonchev–Trinajstić information content (AvgIpc) is 2.96. The minimum absolute atomic E-state index is 0.131. The number of benzene rings is 1. The number of rotatable bonds is 8. The standard InChI is InChI=1S/C17H26O4/c1-3-4-5-6-7-8-14-12-20-17(21-14)13-9-10-15(18)16(11-13)19-2/h9-11,14,17-18H,3-8,12H2,1-2H3. The molecular formula is C17H26O4. The molecule has 1 saturated heterocycles. The summed E-state index contributed by atoms with van der Waals surface area (Å²) >= 11 is 0. The number of phenols is 1. The molecule has 1 aromatic carbocycles. The topological polar surface area (TPSA) is 47.9 Å². The highest BCUT2D eigenvalue weighted by Gasteiger charge is 2.27. The van der Waals surface area contributed by atoms with Gasteiger partial charge in [0.05, 0.1) is 19.8 Å². The molecule has 0 spiro atoms. The first-order valence-corrected chi connectivity index (χ1v) is 7.88. The van der Waals surface area contributed by atoms with Crippen LogP contribution in [0.1, 0.15) is 57.3 Å². The Morgan fingerprint density at radius 3 is 2.81 bits per heavy atom. The maximum absolute atomic E-state index is 9.61. The van der Waals surface area contributed by atoms with E-state index < -0.39 is 0 Å². The van der Waals surface area contributed by atoms with Crippen molar-refractivity contribution in [2.75, 3.05) is 13.7 Å². The maximum atomic E-state index is 9.61. The largest absolute Gasteiger partial charge is 0.504 e. The molecule has 0 bridgehead atoms. The van der Waals surface area contributed by atoms with Crippen molar-refractivity contribution < 1.29 is 19.3 Å². The Bertz CT molecular complexity index is 433. The van der Waals surface area contributed by atoms with Crippen molar-refractivity contribution in [2.24, 2.45) is 0 Å². The molecule has 1 N–H and O–H groups in total. The molecule has 0 aliphatic carbocycles. The molecule has 2 rings (SSSR count). The number of phenolic OH excluding ortho intramolecular Hbond substituents is 1. The number of unbranched alkanes of at least 4 members (excludes halogenated alkanes) is 4. The Morgan fingerprint density at radius 2 is 2.05 bits per heavy atom. The second-order valence-electron chi connectivity index (χ2n) is 5.56. The minimum atomic E-state index is -0.347. The Morgan fingerprint density at radius 1 is 1.24 bits per heavy atom. The van der Waals surface area contributed by atoms with Crippen molar-refractivity contribution in [3.8, 4) is 11.5 Å². The Hall–Kier alpha value is -1.26. The summed E-state index contributed by atoms with van der Waals surface area (Å²) in [6.45, 7) is 2.87. The van der Waals surface area contributed by atoms with Crippen LogP contribution in [-0.2, 0) is 9.47 Å². The van der Waals surface area contributed by atoms with Crippen LogP contribution in [0.2, 0.25) is 0 Å². The van der Waals surface area contributed by atoms with E-state index in [0.29, 0.717) is 12.4 Å². The van der Waals surface area contributed by atoms with Gasteiger partial charge in [0.15, 0.2) is 17.8 Å².